The third-order valence-corrected chi connectivity index (χ3v) is 10.3. The molecule has 7 aromatic rings. The van der Waals surface area contributed by atoms with E-state index in [1.165, 1.54) is 34.1 Å². The van der Waals surface area contributed by atoms with Gasteiger partial charge in [0, 0.05) is 20.2 Å². The van der Waals surface area contributed by atoms with Crippen molar-refractivity contribution >= 4 is 105 Å². The van der Waals surface area contributed by atoms with Gasteiger partial charge in [-0.3, -0.25) is 33.3 Å². The Labute approximate surface area is 488 Å². The molecule has 0 aliphatic heterocycles. The molecule has 33 heteroatoms. The summed E-state index contributed by atoms with van der Waals surface area (Å²) in [4.78, 5) is 94.4. The molecule has 5 aromatic heterocycles. The van der Waals surface area contributed by atoms with Gasteiger partial charge in [0.05, 0.1) is 80.7 Å². The molecular formula is C48H56Cl3LiN14O15. The summed E-state index contributed by atoms with van der Waals surface area (Å²) in [5, 5.41) is 21.3. The van der Waals surface area contributed by atoms with Crippen LogP contribution in [0.5, 0.6) is 17.2 Å². The van der Waals surface area contributed by atoms with Crippen molar-refractivity contribution in [2.75, 3.05) is 63.8 Å². The van der Waals surface area contributed by atoms with Crippen molar-refractivity contribution in [3.05, 3.63) is 110 Å². The molecule has 0 saturated carbocycles. The van der Waals surface area contributed by atoms with Crippen LogP contribution in [-0.2, 0) is 42.7 Å². The second-order valence-electron chi connectivity index (χ2n) is 15.4. The Morgan fingerprint density at radius 2 is 1.17 bits per heavy atom. The number of hydrogen-bond donors (Lipinski definition) is 7. The molecule has 0 aliphatic carbocycles. The maximum Gasteiger partial charge on any atom is 1.00 e. The standard InChI is InChI=1S/C17H17ClN6O2.C10H12N4O.C7H6Cl2N2O2.C7H8N2O4.C7H10O4.Li.2H2O/c1-9(25)14-12(7-13(18)22-16(14)19)21-11-6-4-5-10(15(11)26-3)17-20-8-24(2)23-17;1-14-6-12-10(13-14)7-4-3-5-8(11)9(7)15-2;1-13-7(12)5-3(8)2-4(9)11-6(5)10;1-13-7(12)5-3(10)2-4(11)9-6(5)8;1-5(8)3-6(9)4-7(10)11-2;;;/h4-8H,1-3H3,(H3,19,21,22);3-6H,11H2,1-2H3;2H,1H3,(H2,10,11);2H,1H3,(H4,8,9,10,11);3-4H2,1-2H3;;2*1H2/q;;;;;+1;;/p-1. The number of para-hydroxylation sites is 2. The van der Waals surface area contributed by atoms with Gasteiger partial charge in [-0.05, 0) is 50.2 Å². The van der Waals surface area contributed by atoms with Crippen molar-refractivity contribution in [1.29, 1.82) is 0 Å². The van der Waals surface area contributed by atoms with Crippen molar-refractivity contribution in [2.24, 2.45) is 14.1 Å². The monoisotopic (exact) mass is 1180 g/mol. The number of hydrogen-bond acceptors (Lipinski definition) is 25. The first kappa shape index (κ1) is 72.2. The van der Waals surface area contributed by atoms with Crippen LogP contribution in [0, 0.1) is 0 Å². The fourth-order valence-corrected chi connectivity index (χ4v) is 7.06. The molecule has 7 rings (SSSR count). The van der Waals surface area contributed by atoms with Crippen LogP contribution in [-0.4, -0.2) is 131 Å². The maximum absolute atomic E-state index is 12.0. The molecule has 5 heterocycles. The Kier molecular flexibility index (Phi) is 30.5. The summed E-state index contributed by atoms with van der Waals surface area (Å²) in [6.45, 7) is 2.72. The number of aryl methyl sites for hydroxylation is 2. The van der Waals surface area contributed by atoms with Gasteiger partial charge in [0.2, 0.25) is 0 Å². The zero-order chi connectivity index (χ0) is 58.6. The van der Waals surface area contributed by atoms with Crippen LogP contribution in [0.15, 0.2) is 72.0 Å². The first-order chi connectivity index (χ1) is 36.8. The number of esters is 3. The molecule has 81 heavy (non-hydrogen) atoms. The number of aromatic hydroxyl groups is 1. The first-order valence-corrected chi connectivity index (χ1v) is 23.1. The molecule has 2 aromatic carbocycles. The first-order valence-electron chi connectivity index (χ1n) is 21.9. The van der Waals surface area contributed by atoms with Gasteiger partial charge in [-0.15, -0.1) is 0 Å². The van der Waals surface area contributed by atoms with E-state index in [0.717, 1.165) is 18.7 Å². The predicted molar refractivity (Wildman–Crippen MR) is 294 cm³/mol. The number of H-pyrrole nitrogens is 1. The Hall–Kier alpha value is -8.82. The second-order valence-corrected chi connectivity index (χ2v) is 16.6. The molecule has 0 bridgehead atoms. The summed E-state index contributed by atoms with van der Waals surface area (Å²) in [6, 6.07) is 14.7. The van der Waals surface area contributed by atoms with E-state index in [4.69, 9.17) is 67.2 Å². The van der Waals surface area contributed by atoms with Crippen LogP contribution in [0.25, 0.3) is 22.8 Å². The molecule has 14 N–H and O–H groups in total. The number of nitrogens with two attached hydrogens (primary N) is 4. The van der Waals surface area contributed by atoms with Gasteiger partial charge < -0.3 is 73.0 Å². The van der Waals surface area contributed by atoms with Crippen LogP contribution in [0.2, 0.25) is 15.3 Å². The van der Waals surface area contributed by atoms with Crippen LogP contribution >= 0.6 is 34.8 Å². The normalized spacial score (nSPS) is 9.63. The van der Waals surface area contributed by atoms with Gasteiger partial charge in [-0.1, -0.05) is 46.9 Å². The van der Waals surface area contributed by atoms with Crippen molar-refractivity contribution in [3.8, 4) is 40.0 Å². The number of aromatic nitrogens is 9. The Bertz CT molecular complexity index is 3330. The minimum atomic E-state index is -0.800. The predicted octanol–water partition coefficient (Wildman–Crippen LogP) is 1.45. The van der Waals surface area contributed by atoms with Crippen LogP contribution < -0.4 is 62.1 Å². The molecule has 0 atom stereocenters. The SMILES string of the molecule is COC(=O)CC(=O)CC(C)=O.COC(=O)c1c(Cl)cc(Cl)nc1N.COC(=O)c1c(O)cc(=O)[nH]c1N.COc1c(N)cccc1-c1ncn(C)n1.COc1c(Nc2cc(Cl)nc(N)c2C(C)=O)cccc1-c1ncn(C)n1.O.[Li+].[OH-]. The fourth-order valence-electron chi connectivity index (χ4n) is 6.32. The number of carbonyl (C=O) groups is 6. The number of nitrogens with one attached hydrogen (secondary N) is 2. The van der Waals surface area contributed by atoms with Gasteiger partial charge in [0.15, 0.2) is 34.7 Å². The third kappa shape index (κ3) is 21.1. The summed E-state index contributed by atoms with van der Waals surface area (Å²) < 4.78 is 27.0. The van der Waals surface area contributed by atoms with Crippen LogP contribution in [0.4, 0.5) is 34.5 Å². The number of nitrogens with zero attached hydrogens (tertiary/aromatic N) is 8. The van der Waals surface area contributed by atoms with E-state index >= 15 is 0 Å². The Balaban J connectivity index is 0.00000102. The number of ether oxygens (including phenoxy) is 5. The smallest absolute Gasteiger partial charge is 0.870 e. The van der Waals surface area contributed by atoms with Gasteiger partial charge in [-0.25, -0.2) is 29.5 Å². The minimum Gasteiger partial charge on any atom is -0.870 e. The summed E-state index contributed by atoms with van der Waals surface area (Å²) in [6.07, 6.45) is 2.75. The van der Waals surface area contributed by atoms with Gasteiger partial charge in [0.25, 0.3) is 5.56 Å². The largest absolute Gasteiger partial charge is 1.00 e. The fraction of sp³-hybridized carbons (Fsp3) is 0.229. The number of pyridine rings is 3. The molecule has 0 spiro atoms. The number of nitrogen functional groups attached to an aromatic ring is 4. The van der Waals surface area contributed by atoms with Crippen LogP contribution in [0.1, 0.15) is 57.8 Å². The number of ketones is 3. The van der Waals surface area contributed by atoms with Gasteiger partial charge in [0.1, 0.15) is 69.5 Å². The van der Waals surface area contributed by atoms with Crippen LogP contribution in [0.3, 0.4) is 0 Å². The Morgan fingerprint density at radius 1 is 0.679 bits per heavy atom. The van der Waals surface area contributed by atoms with Gasteiger partial charge >= 0.3 is 36.8 Å². The van der Waals surface area contributed by atoms with E-state index < -0.39 is 35.0 Å². The number of Topliss-reactive ketones (excluding diaryl/α,β-unsaturated/α-hetero) is 3. The Morgan fingerprint density at radius 3 is 1.62 bits per heavy atom. The zero-order valence-electron chi connectivity index (χ0n) is 45.1. The molecule has 0 fully saturated rings. The maximum atomic E-state index is 12.0. The van der Waals surface area contributed by atoms with E-state index in [9.17, 15) is 38.7 Å². The number of rotatable bonds is 13. The topological polar surface area (TPSA) is 466 Å². The average molecular weight is 1180 g/mol. The van der Waals surface area contributed by atoms with E-state index in [-0.39, 0.29) is 104 Å². The number of aromatic amines is 1. The molecule has 430 valence electrons. The van der Waals surface area contributed by atoms with E-state index in [1.54, 1.807) is 61.5 Å². The number of anilines is 6. The summed E-state index contributed by atoms with van der Waals surface area (Å²) in [5.41, 5.74) is 25.0. The zero-order valence-corrected chi connectivity index (χ0v) is 47.3. The van der Waals surface area contributed by atoms with Crippen molar-refractivity contribution in [3.63, 3.8) is 0 Å². The summed E-state index contributed by atoms with van der Waals surface area (Å²) >= 11 is 17.2. The molecule has 0 unspecified atom stereocenters. The molecule has 0 aliphatic rings. The molecule has 29 nitrogen and oxygen atoms in total. The van der Waals surface area contributed by atoms with Crippen molar-refractivity contribution in [2.45, 2.75) is 26.7 Å². The average Bonchev–Trinajstić information content (AvgIpc) is 4.00. The number of carbonyl (C=O) groups excluding carboxylic acids is 6. The summed E-state index contributed by atoms with van der Waals surface area (Å²) in [5.74, 6) is -1.30. The molecule has 0 saturated heterocycles. The third-order valence-electron chi connectivity index (χ3n) is 9.60. The number of benzene rings is 2. The molecular weight excluding hydrogens is 1130 g/mol. The number of methoxy groups -OCH3 is 5. The van der Waals surface area contributed by atoms with Crippen molar-refractivity contribution < 1.29 is 87.4 Å². The summed E-state index contributed by atoms with van der Waals surface area (Å²) in [7, 11) is 10.3. The van der Waals surface area contributed by atoms with Gasteiger partial charge in [-0.2, -0.15) is 10.2 Å². The van der Waals surface area contributed by atoms with E-state index in [1.807, 2.05) is 31.3 Å². The second kappa shape index (κ2) is 34.2. The van der Waals surface area contributed by atoms with Crippen molar-refractivity contribution in [1.82, 2.24) is 44.5 Å². The van der Waals surface area contributed by atoms with E-state index in [2.05, 4.69) is 54.6 Å². The van der Waals surface area contributed by atoms with E-state index in [0.29, 0.717) is 45.8 Å². The number of halogens is 3. The molecule has 0 radical (unpaired) electrons. The molecule has 0 amide bonds. The minimum absolute atomic E-state index is 0. The quantitative estimate of drug-likeness (QED) is 0.0163.